The number of aromatic nitrogens is 2. The highest BCUT2D eigenvalue weighted by molar-refractivity contribution is 7.89. The van der Waals surface area contributed by atoms with Gasteiger partial charge in [-0.3, -0.25) is 9.48 Å². The Morgan fingerprint density at radius 3 is 2.55 bits per heavy atom. The van der Waals surface area contributed by atoms with Crippen LogP contribution in [0.1, 0.15) is 48.5 Å². The predicted octanol–water partition coefficient (Wildman–Crippen LogP) is 3.20. The average Bonchev–Trinajstić information content (AvgIpc) is 3.20. The zero-order valence-corrected chi connectivity index (χ0v) is 21.0. The van der Waals surface area contributed by atoms with Crippen molar-refractivity contribution < 1.29 is 13.2 Å². The molecule has 1 aliphatic carbocycles. The summed E-state index contributed by atoms with van der Waals surface area (Å²) in [5, 5.41) is 7.73. The van der Waals surface area contributed by atoms with Crippen molar-refractivity contribution in [2.45, 2.75) is 50.6 Å². The Bertz CT molecular complexity index is 1130. The Kier molecular flexibility index (Phi) is 7.02. The minimum absolute atomic E-state index is 0.0616. The normalized spacial score (nSPS) is 22.4. The summed E-state index contributed by atoms with van der Waals surface area (Å²) in [6.07, 6.45) is 5.73. The van der Waals surface area contributed by atoms with E-state index < -0.39 is 10.0 Å². The Labute approximate surface area is 200 Å². The molecule has 1 amide bonds. The van der Waals surface area contributed by atoms with Crippen molar-refractivity contribution in [1.82, 2.24) is 19.4 Å². The van der Waals surface area contributed by atoms with Crippen molar-refractivity contribution in [3.63, 3.8) is 0 Å². The fourth-order valence-corrected chi connectivity index (χ4v) is 6.52. The summed E-state index contributed by atoms with van der Waals surface area (Å²) in [6, 6.07) is 5.79. The number of carbonyl (C=O) groups is 1. The van der Waals surface area contributed by atoms with E-state index in [2.05, 4.69) is 22.2 Å². The smallest absolute Gasteiger partial charge is 0.263 e. The van der Waals surface area contributed by atoms with Gasteiger partial charge in [-0.25, -0.2) is 8.42 Å². The first-order valence-corrected chi connectivity index (χ1v) is 13.3. The van der Waals surface area contributed by atoms with Gasteiger partial charge in [-0.05, 0) is 43.4 Å². The summed E-state index contributed by atoms with van der Waals surface area (Å²) in [5.74, 6) is 0.0102. The third-order valence-electron chi connectivity index (χ3n) is 6.80. The van der Waals surface area contributed by atoms with Crippen LogP contribution < -0.4 is 10.2 Å². The predicted molar refractivity (Wildman–Crippen MR) is 129 cm³/mol. The van der Waals surface area contributed by atoms with Crippen LogP contribution in [0.25, 0.3) is 0 Å². The highest BCUT2D eigenvalue weighted by Gasteiger charge is 2.35. The zero-order chi connectivity index (χ0) is 23.8. The lowest BCUT2D eigenvalue weighted by atomic mass is 9.86. The maximum Gasteiger partial charge on any atom is 0.263 e. The lowest BCUT2D eigenvalue weighted by Crippen LogP contribution is -2.49. The lowest BCUT2D eigenvalue weighted by molar-refractivity contribution is 0.0906. The first-order chi connectivity index (χ1) is 15.7. The Balaban J connectivity index is 1.50. The van der Waals surface area contributed by atoms with E-state index in [0.29, 0.717) is 37.1 Å². The number of halogens is 1. The quantitative estimate of drug-likeness (QED) is 0.691. The molecule has 1 aliphatic heterocycles. The Morgan fingerprint density at radius 1 is 1.15 bits per heavy atom. The number of benzene rings is 1. The van der Waals surface area contributed by atoms with Crippen molar-refractivity contribution in [3.8, 4) is 0 Å². The second kappa shape index (κ2) is 9.64. The second-order valence-electron chi connectivity index (χ2n) is 9.19. The summed E-state index contributed by atoms with van der Waals surface area (Å²) in [4.78, 5) is 15.2. The largest absolute Gasteiger partial charge is 0.369 e. The van der Waals surface area contributed by atoms with Crippen molar-refractivity contribution in [1.29, 1.82) is 0 Å². The van der Waals surface area contributed by atoms with E-state index in [1.807, 2.05) is 25.1 Å². The van der Waals surface area contributed by atoms with Gasteiger partial charge in [0.2, 0.25) is 5.03 Å². The van der Waals surface area contributed by atoms with E-state index in [-0.39, 0.29) is 22.5 Å². The molecular weight excluding hydrogens is 462 g/mol. The van der Waals surface area contributed by atoms with Crippen LogP contribution in [0.15, 0.2) is 29.4 Å². The SMILES string of the molecule is Cc1ccc(Cl)cc1N1CCN(S(=O)(=O)c2nn(C)cc2C(=O)N[C@@H]2CCCC[C@@H]2C)CC1. The first-order valence-electron chi connectivity index (χ1n) is 11.5. The number of carbonyl (C=O) groups excluding carboxylic acids is 1. The number of hydrogen-bond acceptors (Lipinski definition) is 5. The molecule has 8 nitrogen and oxygen atoms in total. The van der Waals surface area contributed by atoms with Crippen LogP contribution in [0, 0.1) is 12.8 Å². The van der Waals surface area contributed by atoms with E-state index in [9.17, 15) is 13.2 Å². The van der Waals surface area contributed by atoms with Crippen LogP contribution in [0.2, 0.25) is 5.02 Å². The summed E-state index contributed by atoms with van der Waals surface area (Å²) in [6.45, 7) is 5.84. The Morgan fingerprint density at radius 2 is 1.85 bits per heavy atom. The van der Waals surface area contributed by atoms with Crippen molar-refractivity contribution >= 4 is 33.2 Å². The second-order valence-corrected chi connectivity index (χ2v) is 11.5. The van der Waals surface area contributed by atoms with Crippen LogP contribution >= 0.6 is 11.6 Å². The van der Waals surface area contributed by atoms with Crippen LogP contribution in [-0.2, 0) is 17.1 Å². The Hall–Kier alpha value is -2.10. The van der Waals surface area contributed by atoms with Gasteiger partial charge in [0.25, 0.3) is 15.9 Å². The van der Waals surface area contributed by atoms with Crippen LogP contribution in [0.4, 0.5) is 5.69 Å². The molecule has 0 bridgehead atoms. The molecule has 0 unspecified atom stereocenters. The summed E-state index contributed by atoms with van der Waals surface area (Å²) in [5.41, 5.74) is 2.22. The molecule has 0 radical (unpaired) electrons. The molecular formula is C23H32ClN5O3S. The van der Waals surface area contributed by atoms with Gasteiger partial charge in [0, 0.05) is 56.2 Å². The molecule has 1 aromatic heterocycles. The fraction of sp³-hybridized carbons (Fsp3) is 0.565. The summed E-state index contributed by atoms with van der Waals surface area (Å²) >= 11 is 6.16. The molecule has 1 N–H and O–H groups in total. The highest BCUT2D eigenvalue weighted by atomic mass is 35.5. The van der Waals surface area contributed by atoms with Crippen LogP contribution in [-0.4, -0.2) is 60.6 Å². The van der Waals surface area contributed by atoms with E-state index >= 15 is 0 Å². The van der Waals surface area contributed by atoms with Gasteiger partial charge in [-0.15, -0.1) is 0 Å². The van der Waals surface area contributed by atoms with Crippen molar-refractivity contribution in [3.05, 3.63) is 40.5 Å². The summed E-state index contributed by atoms with van der Waals surface area (Å²) in [7, 11) is -2.27. The topological polar surface area (TPSA) is 87.5 Å². The number of rotatable bonds is 5. The van der Waals surface area contributed by atoms with Gasteiger partial charge in [0.15, 0.2) is 0 Å². The molecule has 2 heterocycles. The molecule has 2 aromatic rings. The molecule has 2 aliphatic rings. The van der Waals surface area contributed by atoms with Gasteiger partial charge in [0.1, 0.15) is 0 Å². The number of piperazine rings is 1. The van der Waals surface area contributed by atoms with Gasteiger partial charge in [0.05, 0.1) is 5.56 Å². The number of amides is 1. The molecule has 1 aromatic carbocycles. The fourth-order valence-electron chi connectivity index (χ4n) is 4.81. The third kappa shape index (κ3) is 5.05. The van der Waals surface area contributed by atoms with E-state index in [1.165, 1.54) is 21.6 Å². The third-order valence-corrected chi connectivity index (χ3v) is 8.87. The molecule has 1 saturated heterocycles. The monoisotopic (exact) mass is 493 g/mol. The molecule has 2 fully saturated rings. The average molecular weight is 494 g/mol. The van der Waals surface area contributed by atoms with Crippen LogP contribution in [0.3, 0.4) is 0 Å². The van der Waals surface area contributed by atoms with E-state index in [0.717, 1.165) is 30.5 Å². The number of sulfonamides is 1. The lowest BCUT2D eigenvalue weighted by Gasteiger charge is -2.36. The highest BCUT2D eigenvalue weighted by Crippen LogP contribution is 2.28. The first kappa shape index (κ1) is 24.0. The molecule has 33 heavy (non-hydrogen) atoms. The number of aryl methyl sites for hydroxylation is 2. The maximum atomic E-state index is 13.5. The number of nitrogens with zero attached hydrogens (tertiary/aromatic N) is 4. The molecule has 2 atom stereocenters. The molecule has 4 rings (SSSR count). The molecule has 180 valence electrons. The van der Waals surface area contributed by atoms with E-state index in [4.69, 9.17) is 11.6 Å². The number of nitrogens with one attached hydrogen (secondary N) is 1. The molecule has 0 spiro atoms. The van der Waals surface area contributed by atoms with Crippen molar-refractivity contribution in [2.24, 2.45) is 13.0 Å². The van der Waals surface area contributed by atoms with Gasteiger partial charge in [-0.1, -0.05) is 37.4 Å². The molecule has 10 heteroatoms. The minimum Gasteiger partial charge on any atom is -0.369 e. The standard InChI is InChI=1S/C23H32ClN5O3S/c1-16-6-4-5-7-20(16)25-22(30)19-15-27(3)26-23(19)33(31,32)29-12-10-28(11-13-29)21-14-18(24)9-8-17(21)2/h8-9,14-16,20H,4-7,10-13H2,1-3H3,(H,25,30)/t16-,20+/m0/s1. The van der Waals surface area contributed by atoms with Crippen molar-refractivity contribution in [2.75, 3.05) is 31.1 Å². The van der Waals surface area contributed by atoms with Crippen LogP contribution in [0.5, 0.6) is 0 Å². The zero-order valence-electron chi connectivity index (χ0n) is 19.4. The van der Waals surface area contributed by atoms with Gasteiger partial charge >= 0.3 is 0 Å². The summed E-state index contributed by atoms with van der Waals surface area (Å²) < 4.78 is 29.8. The van der Waals surface area contributed by atoms with Gasteiger partial charge in [-0.2, -0.15) is 9.40 Å². The maximum absolute atomic E-state index is 13.5. The van der Waals surface area contributed by atoms with Gasteiger partial charge < -0.3 is 10.2 Å². The van der Waals surface area contributed by atoms with E-state index in [1.54, 1.807) is 7.05 Å². The minimum atomic E-state index is -3.91. The number of hydrogen-bond donors (Lipinski definition) is 1. The molecule has 1 saturated carbocycles. The number of anilines is 1.